The van der Waals surface area contributed by atoms with Crippen LogP contribution in [-0.2, 0) is 26.6 Å². The standard InChI is InChI=1S/C16H13ClF3NO3S/c17-13-7-6-12(16(18,19)20)8-14(13)21-15(22)10-25(23,24)9-11-4-2-1-3-5-11/h1-8H,9-10H2,(H,21,22). The molecule has 4 nitrogen and oxygen atoms in total. The molecule has 2 rings (SSSR count). The highest BCUT2D eigenvalue weighted by Crippen LogP contribution is 2.33. The van der Waals surface area contributed by atoms with Crippen LogP contribution < -0.4 is 5.32 Å². The minimum atomic E-state index is -4.61. The SMILES string of the molecule is O=C(CS(=O)(=O)Cc1ccccc1)Nc1cc(C(F)(F)F)ccc1Cl. The molecule has 0 spiro atoms. The molecule has 0 radical (unpaired) electrons. The van der Waals surface area contributed by atoms with Crippen LogP contribution in [0.3, 0.4) is 0 Å². The van der Waals surface area contributed by atoms with Crippen molar-refractivity contribution in [1.29, 1.82) is 0 Å². The molecule has 0 aliphatic rings. The lowest BCUT2D eigenvalue weighted by atomic mass is 10.2. The number of hydrogen-bond acceptors (Lipinski definition) is 3. The Bertz CT molecular complexity index is 868. The summed E-state index contributed by atoms with van der Waals surface area (Å²) in [7, 11) is -3.78. The number of benzene rings is 2. The average Bonchev–Trinajstić information content (AvgIpc) is 2.48. The Kier molecular flexibility index (Phi) is 5.74. The van der Waals surface area contributed by atoms with Crippen molar-refractivity contribution >= 4 is 33.0 Å². The lowest BCUT2D eigenvalue weighted by Crippen LogP contribution is -2.24. The molecule has 0 bridgehead atoms. The van der Waals surface area contributed by atoms with Crippen molar-refractivity contribution in [3.8, 4) is 0 Å². The smallest absolute Gasteiger partial charge is 0.324 e. The summed E-state index contributed by atoms with van der Waals surface area (Å²) < 4.78 is 62.2. The first kappa shape index (κ1) is 19.3. The molecule has 2 aromatic carbocycles. The Balaban J connectivity index is 2.10. The second-order valence-corrected chi connectivity index (χ2v) is 7.73. The van der Waals surface area contributed by atoms with Gasteiger partial charge in [0.15, 0.2) is 9.84 Å². The Morgan fingerprint density at radius 1 is 1.08 bits per heavy atom. The number of alkyl halides is 3. The van der Waals surface area contributed by atoms with Crippen LogP contribution in [0.1, 0.15) is 11.1 Å². The van der Waals surface area contributed by atoms with Gasteiger partial charge in [-0.05, 0) is 23.8 Å². The van der Waals surface area contributed by atoms with E-state index in [1.165, 1.54) is 0 Å². The lowest BCUT2D eigenvalue weighted by molar-refractivity contribution is -0.137. The summed E-state index contributed by atoms with van der Waals surface area (Å²) in [4.78, 5) is 11.9. The summed E-state index contributed by atoms with van der Waals surface area (Å²) in [6.45, 7) is 0. The summed E-state index contributed by atoms with van der Waals surface area (Å²) in [6.07, 6.45) is -4.61. The van der Waals surface area contributed by atoms with E-state index in [2.05, 4.69) is 5.32 Å². The molecule has 0 fully saturated rings. The second kappa shape index (κ2) is 7.45. The van der Waals surface area contributed by atoms with E-state index in [4.69, 9.17) is 11.6 Å². The molecule has 2 aromatic rings. The number of rotatable bonds is 5. The third-order valence-electron chi connectivity index (χ3n) is 3.15. The maximum atomic E-state index is 12.7. The fraction of sp³-hybridized carbons (Fsp3) is 0.188. The van der Waals surface area contributed by atoms with Crippen molar-refractivity contribution in [1.82, 2.24) is 0 Å². The largest absolute Gasteiger partial charge is 0.416 e. The van der Waals surface area contributed by atoms with Gasteiger partial charge in [-0.2, -0.15) is 13.2 Å². The predicted octanol–water partition coefficient (Wildman–Crippen LogP) is 3.91. The highest BCUT2D eigenvalue weighted by Gasteiger charge is 2.31. The maximum Gasteiger partial charge on any atom is 0.416 e. The van der Waals surface area contributed by atoms with Gasteiger partial charge in [-0.25, -0.2) is 8.42 Å². The van der Waals surface area contributed by atoms with E-state index in [1.54, 1.807) is 30.3 Å². The van der Waals surface area contributed by atoms with Gasteiger partial charge in [0.25, 0.3) is 0 Å². The van der Waals surface area contributed by atoms with Crippen LogP contribution in [0.25, 0.3) is 0 Å². The third kappa shape index (κ3) is 5.75. The fourth-order valence-electron chi connectivity index (χ4n) is 2.06. The van der Waals surface area contributed by atoms with E-state index >= 15 is 0 Å². The minimum absolute atomic E-state index is 0.123. The summed E-state index contributed by atoms with van der Waals surface area (Å²) in [6, 6.07) is 10.6. The number of anilines is 1. The van der Waals surface area contributed by atoms with Gasteiger partial charge in [0.2, 0.25) is 5.91 Å². The minimum Gasteiger partial charge on any atom is -0.324 e. The zero-order valence-corrected chi connectivity index (χ0v) is 14.3. The van der Waals surface area contributed by atoms with Gasteiger partial charge < -0.3 is 5.32 Å². The van der Waals surface area contributed by atoms with E-state index in [1.807, 2.05) is 0 Å². The van der Waals surface area contributed by atoms with E-state index in [0.29, 0.717) is 11.6 Å². The Labute approximate surface area is 147 Å². The van der Waals surface area contributed by atoms with E-state index in [9.17, 15) is 26.4 Å². The number of halogens is 4. The van der Waals surface area contributed by atoms with Crippen molar-refractivity contribution in [2.45, 2.75) is 11.9 Å². The molecular weight excluding hydrogens is 379 g/mol. The molecule has 0 atom stereocenters. The quantitative estimate of drug-likeness (QED) is 0.840. The van der Waals surface area contributed by atoms with E-state index in [0.717, 1.165) is 12.1 Å². The van der Waals surface area contributed by atoms with Gasteiger partial charge >= 0.3 is 6.18 Å². The molecule has 0 saturated heterocycles. The highest BCUT2D eigenvalue weighted by molar-refractivity contribution is 7.91. The first-order valence-electron chi connectivity index (χ1n) is 6.98. The number of sulfone groups is 1. The molecule has 0 saturated carbocycles. The Hall–Kier alpha value is -2.06. The third-order valence-corrected chi connectivity index (χ3v) is 4.95. The number of hydrogen-bond donors (Lipinski definition) is 1. The summed E-state index contributed by atoms with van der Waals surface area (Å²) in [5.74, 6) is -2.18. The van der Waals surface area contributed by atoms with Gasteiger partial charge in [0.05, 0.1) is 22.0 Å². The monoisotopic (exact) mass is 391 g/mol. The normalized spacial score (nSPS) is 12.0. The van der Waals surface area contributed by atoms with E-state index < -0.39 is 33.2 Å². The van der Waals surface area contributed by atoms with Crippen LogP contribution in [0.15, 0.2) is 48.5 Å². The zero-order chi connectivity index (χ0) is 18.7. The van der Waals surface area contributed by atoms with Gasteiger partial charge in [-0.15, -0.1) is 0 Å². The van der Waals surface area contributed by atoms with Crippen LogP contribution in [-0.4, -0.2) is 20.1 Å². The van der Waals surface area contributed by atoms with Crippen LogP contribution in [0.2, 0.25) is 5.02 Å². The van der Waals surface area contributed by atoms with Crippen LogP contribution in [0.4, 0.5) is 18.9 Å². The van der Waals surface area contributed by atoms with Crippen molar-refractivity contribution in [2.24, 2.45) is 0 Å². The molecule has 9 heteroatoms. The molecule has 0 unspecified atom stereocenters. The zero-order valence-electron chi connectivity index (χ0n) is 12.7. The summed E-state index contributed by atoms with van der Waals surface area (Å²) in [5, 5.41) is 1.99. The van der Waals surface area contributed by atoms with Crippen LogP contribution >= 0.6 is 11.6 Å². The van der Waals surface area contributed by atoms with Crippen molar-refractivity contribution in [2.75, 3.05) is 11.1 Å². The first-order valence-corrected chi connectivity index (χ1v) is 9.18. The molecule has 0 aliphatic heterocycles. The molecular formula is C16H13ClF3NO3S. The van der Waals surface area contributed by atoms with Gasteiger partial charge in [-0.1, -0.05) is 41.9 Å². The van der Waals surface area contributed by atoms with Gasteiger partial charge in [-0.3, -0.25) is 4.79 Å². The lowest BCUT2D eigenvalue weighted by Gasteiger charge is -2.12. The number of amides is 1. The Morgan fingerprint density at radius 3 is 2.32 bits per heavy atom. The number of carbonyl (C=O) groups excluding carboxylic acids is 1. The summed E-state index contributed by atoms with van der Waals surface area (Å²) in [5.41, 5.74) is -0.789. The van der Waals surface area contributed by atoms with Crippen molar-refractivity contribution in [3.05, 3.63) is 64.7 Å². The van der Waals surface area contributed by atoms with Crippen molar-refractivity contribution < 1.29 is 26.4 Å². The molecule has 1 amide bonds. The molecule has 134 valence electrons. The predicted molar refractivity (Wildman–Crippen MR) is 89.0 cm³/mol. The molecule has 25 heavy (non-hydrogen) atoms. The van der Waals surface area contributed by atoms with Gasteiger partial charge in [0.1, 0.15) is 5.75 Å². The number of carbonyl (C=O) groups is 1. The number of nitrogens with one attached hydrogen (secondary N) is 1. The fourth-order valence-corrected chi connectivity index (χ4v) is 3.50. The molecule has 0 heterocycles. The topological polar surface area (TPSA) is 63.2 Å². The van der Waals surface area contributed by atoms with Crippen LogP contribution in [0, 0.1) is 0 Å². The molecule has 0 aromatic heterocycles. The van der Waals surface area contributed by atoms with Crippen LogP contribution in [0.5, 0.6) is 0 Å². The Morgan fingerprint density at radius 2 is 1.72 bits per heavy atom. The second-order valence-electron chi connectivity index (χ2n) is 5.26. The van der Waals surface area contributed by atoms with Gasteiger partial charge in [0, 0.05) is 0 Å². The van der Waals surface area contributed by atoms with Crippen molar-refractivity contribution in [3.63, 3.8) is 0 Å². The first-order chi connectivity index (χ1) is 11.6. The highest BCUT2D eigenvalue weighted by atomic mass is 35.5. The molecule has 1 N–H and O–H groups in total. The molecule has 0 aliphatic carbocycles. The summed E-state index contributed by atoms with van der Waals surface area (Å²) >= 11 is 5.76. The van der Waals surface area contributed by atoms with E-state index in [-0.39, 0.29) is 16.5 Å². The average molecular weight is 392 g/mol. The maximum absolute atomic E-state index is 12.7.